The largest absolute Gasteiger partial charge is 0.341 e. The molecule has 13 heteroatoms. The summed E-state index contributed by atoms with van der Waals surface area (Å²) in [6, 6.07) is 3.05. The molecule has 0 radical (unpaired) electrons. The van der Waals surface area contributed by atoms with E-state index in [2.05, 4.69) is 30.1 Å². The number of pyridine rings is 1. The molecule has 3 aromatic rings. The van der Waals surface area contributed by atoms with Crippen LogP contribution in [0.25, 0.3) is 5.82 Å². The van der Waals surface area contributed by atoms with Crippen molar-refractivity contribution in [2.24, 2.45) is 5.10 Å². The zero-order chi connectivity index (χ0) is 23.8. The van der Waals surface area contributed by atoms with Crippen molar-refractivity contribution >= 4 is 41.4 Å². The van der Waals surface area contributed by atoms with Crippen LogP contribution in [0, 0.1) is 13.8 Å². The molecule has 5 heterocycles. The summed E-state index contributed by atoms with van der Waals surface area (Å²) in [5, 5.41) is 11.1. The van der Waals surface area contributed by atoms with Gasteiger partial charge in [-0.15, -0.1) is 5.10 Å². The van der Waals surface area contributed by atoms with E-state index in [1.807, 2.05) is 18.7 Å². The number of hydrogen-bond donors (Lipinski definition) is 0. The maximum Gasteiger partial charge on any atom is 0.341 e. The lowest BCUT2D eigenvalue weighted by Crippen LogP contribution is -2.52. The first kappa shape index (κ1) is 22.5. The lowest BCUT2D eigenvalue weighted by Gasteiger charge is -2.37. The van der Waals surface area contributed by atoms with Gasteiger partial charge < -0.3 is 9.80 Å². The second-order valence-corrected chi connectivity index (χ2v) is 8.80. The summed E-state index contributed by atoms with van der Waals surface area (Å²) in [7, 11) is 0. The molecule has 11 nitrogen and oxygen atoms in total. The summed E-state index contributed by atoms with van der Waals surface area (Å²) >= 11 is 12.7. The van der Waals surface area contributed by atoms with E-state index < -0.39 is 0 Å². The second kappa shape index (κ2) is 9.15. The molecule has 0 saturated carbocycles. The number of anilines is 1. The molecule has 1 unspecified atom stereocenters. The molecule has 2 aliphatic heterocycles. The molecule has 0 spiro atoms. The monoisotopic (exact) mass is 500 g/mol. The molecule has 0 aliphatic carbocycles. The zero-order valence-electron chi connectivity index (χ0n) is 18.6. The Bertz CT molecular complexity index is 1250. The van der Waals surface area contributed by atoms with Crippen LogP contribution in [0.2, 0.25) is 10.0 Å². The van der Waals surface area contributed by atoms with E-state index in [0.717, 1.165) is 0 Å². The lowest BCUT2D eigenvalue weighted by atomic mass is 10.1. The van der Waals surface area contributed by atoms with Crippen molar-refractivity contribution < 1.29 is 4.79 Å². The normalized spacial score (nSPS) is 18.1. The Morgan fingerprint density at radius 3 is 2.56 bits per heavy atom. The SMILES string of the molecule is Cc1nc(C)n(-c2nc(N3CCN(C(=O)N4N=CCC4c4ncccc4Cl)CC3)ncc2Cl)n1. The maximum atomic E-state index is 13.2. The molecule has 1 fully saturated rings. The van der Waals surface area contributed by atoms with E-state index in [-0.39, 0.29) is 12.1 Å². The third kappa shape index (κ3) is 4.16. The molecule has 2 aliphatic rings. The van der Waals surface area contributed by atoms with Gasteiger partial charge in [-0.2, -0.15) is 14.8 Å². The van der Waals surface area contributed by atoms with Gasteiger partial charge in [0.15, 0.2) is 5.82 Å². The van der Waals surface area contributed by atoms with Gasteiger partial charge in [0.25, 0.3) is 0 Å². The molecule has 0 N–H and O–H groups in total. The van der Waals surface area contributed by atoms with Crippen molar-refractivity contribution in [1.29, 1.82) is 0 Å². The summed E-state index contributed by atoms with van der Waals surface area (Å²) in [5.41, 5.74) is 0.648. The summed E-state index contributed by atoms with van der Waals surface area (Å²) in [6.07, 6.45) is 5.53. The lowest BCUT2D eigenvalue weighted by molar-refractivity contribution is 0.138. The van der Waals surface area contributed by atoms with Gasteiger partial charge in [0, 0.05) is 45.0 Å². The number of carbonyl (C=O) groups excluding carboxylic acids is 1. The van der Waals surface area contributed by atoms with Crippen LogP contribution in [0.15, 0.2) is 29.6 Å². The minimum Gasteiger partial charge on any atom is -0.337 e. The summed E-state index contributed by atoms with van der Waals surface area (Å²) < 4.78 is 1.61. The van der Waals surface area contributed by atoms with Gasteiger partial charge in [-0.25, -0.2) is 19.8 Å². The van der Waals surface area contributed by atoms with Gasteiger partial charge in [0.2, 0.25) is 5.95 Å². The summed E-state index contributed by atoms with van der Waals surface area (Å²) in [5.74, 6) is 2.32. The molecule has 3 aromatic heterocycles. The number of urea groups is 1. The van der Waals surface area contributed by atoms with Crippen LogP contribution in [-0.2, 0) is 0 Å². The first-order valence-electron chi connectivity index (χ1n) is 10.8. The molecule has 1 saturated heterocycles. The van der Waals surface area contributed by atoms with E-state index in [4.69, 9.17) is 23.2 Å². The number of hydrogen-bond acceptors (Lipinski definition) is 8. The fraction of sp³-hybridized carbons (Fsp3) is 0.381. The third-order valence-corrected chi connectivity index (χ3v) is 6.34. The standard InChI is InChI=1S/C21H22Cl2N10O/c1-13-27-14(2)32(29-13)19-16(23)12-25-20(28-19)30-8-10-31(11-9-30)21(34)33-17(5-7-26-33)18-15(22)4-3-6-24-18/h3-4,6-7,12,17H,5,8-11H2,1-2H3. The number of aryl methyl sites for hydroxylation is 2. The Labute approximate surface area is 206 Å². The van der Waals surface area contributed by atoms with Gasteiger partial charge in [0.05, 0.1) is 16.9 Å². The molecular formula is C21H22Cl2N10O. The van der Waals surface area contributed by atoms with E-state index in [1.54, 1.807) is 40.3 Å². The van der Waals surface area contributed by atoms with Crippen molar-refractivity contribution in [3.63, 3.8) is 0 Å². The van der Waals surface area contributed by atoms with Crippen molar-refractivity contribution in [3.8, 4) is 5.82 Å². The number of piperazine rings is 1. The molecule has 2 amide bonds. The molecule has 1 atom stereocenters. The topological polar surface area (TPSA) is 109 Å². The Morgan fingerprint density at radius 2 is 1.85 bits per heavy atom. The zero-order valence-corrected chi connectivity index (χ0v) is 20.1. The van der Waals surface area contributed by atoms with Gasteiger partial charge in [0.1, 0.15) is 22.7 Å². The number of carbonyl (C=O) groups is 1. The quantitative estimate of drug-likeness (QED) is 0.543. The number of aromatic nitrogens is 6. The molecule has 0 bridgehead atoms. The fourth-order valence-electron chi connectivity index (χ4n) is 4.08. The highest BCUT2D eigenvalue weighted by Crippen LogP contribution is 2.32. The Morgan fingerprint density at radius 1 is 1.06 bits per heavy atom. The van der Waals surface area contributed by atoms with Crippen LogP contribution in [0.4, 0.5) is 10.7 Å². The Kier molecular flexibility index (Phi) is 6.05. The van der Waals surface area contributed by atoms with Crippen molar-refractivity contribution in [3.05, 3.63) is 51.9 Å². The fourth-order valence-corrected chi connectivity index (χ4v) is 4.50. The van der Waals surface area contributed by atoms with Crippen molar-refractivity contribution in [2.45, 2.75) is 26.3 Å². The number of nitrogens with zero attached hydrogens (tertiary/aromatic N) is 10. The smallest absolute Gasteiger partial charge is 0.337 e. The summed E-state index contributed by atoms with van der Waals surface area (Å²) in [6.45, 7) is 5.78. The first-order chi connectivity index (χ1) is 16.4. The van der Waals surface area contributed by atoms with Gasteiger partial charge >= 0.3 is 6.03 Å². The van der Waals surface area contributed by atoms with Crippen LogP contribution < -0.4 is 4.90 Å². The van der Waals surface area contributed by atoms with Gasteiger partial charge in [-0.3, -0.25) is 4.98 Å². The third-order valence-electron chi connectivity index (χ3n) is 5.75. The number of halogens is 2. The molecule has 34 heavy (non-hydrogen) atoms. The Balaban J connectivity index is 1.28. The van der Waals surface area contributed by atoms with Gasteiger partial charge in [-0.05, 0) is 26.0 Å². The van der Waals surface area contributed by atoms with E-state index in [0.29, 0.717) is 71.8 Å². The highest BCUT2D eigenvalue weighted by molar-refractivity contribution is 6.32. The van der Waals surface area contributed by atoms with Gasteiger partial charge in [-0.1, -0.05) is 23.2 Å². The maximum absolute atomic E-state index is 13.2. The molecular weight excluding hydrogens is 479 g/mol. The highest BCUT2D eigenvalue weighted by Gasteiger charge is 2.35. The average molecular weight is 501 g/mol. The molecule has 176 valence electrons. The number of rotatable bonds is 3. The first-order valence-corrected chi connectivity index (χ1v) is 11.6. The number of amides is 2. The van der Waals surface area contributed by atoms with Crippen LogP contribution in [0.5, 0.6) is 0 Å². The van der Waals surface area contributed by atoms with E-state index in [1.165, 1.54) is 5.01 Å². The summed E-state index contributed by atoms with van der Waals surface area (Å²) in [4.78, 5) is 34.7. The van der Waals surface area contributed by atoms with E-state index in [9.17, 15) is 4.79 Å². The van der Waals surface area contributed by atoms with Crippen molar-refractivity contribution in [2.75, 3.05) is 31.1 Å². The highest BCUT2D eigenvalue weighted by atomic mass is 35.5. The van der Waals surface area contributed by atoms with E-state index >= 15 is 0 Å². The van der Waals surface area contributed by atoms with Crippen molar-refractivity contribution in [1.82, 2.24) is 39.6 Å². The second-order valence-electron chi connectivity index (χ2n) is 7.98. The van der Waals surface area contributed by atoms with Crippen LogP contribution in [0.3, 0.4) is 0 Å². The molecule has 5 rings (SSSR count). The Hall–Kier alpha value is -3.31. The van der Waals surface area contributed by atoms with Crippen LogP contribution >= 0.6 is 23.2 Å². The number of hydrazone groups is 1. The minimum atomic E-state index is -0.309. The average Bonchev–Trinajstić information content (AvgIpc) is 3.45. The van der Waals surface area contributed by atoms with Crippen LogP contribution in [0.1, 0.15) is 29.8 Å². The minimum absolute atomic E-state index is 0.174. The predicted octanol–water partition coefficient (Wildman–Crippen LogP) is 3.05. The molecule has 0 aromatic carbocycles. The predicted molar refractivity (Wildman–Crippen MR) is 128 cm³/mol. The van der Waals surface area contributed by atoms with Crippen LogP contribution in [-0.4, -0.2) is 78.0 Å².